The lowest BCUT2D eigenvalue weighted by Crippen LogP contribution is -2.33. The number of nitrogens with one attached hydrogen (secondary N) is 1. The number of anilines is 5. The van der Waals surface area contributed by atoms with Crippen LogP contribution in [0.2, 0.25) is 0 Å². The third-order valence-electron chi connectivity index (χ3n) is 8.99. The second-order valence-corrected chi connectivity index (χ2v) is 12.4. The van der Waals surface area contributed by atoms with E-state index in [9.17, 15) is 0 Å². The molecule has 0 aromatic heterocycles. The van der Waals surface area contributed by atoms with E-state index in [1.54, 1.807) is 0 Å². The maximum Gasteiger partial charge on any atom is 0.148 e. The Morgan fingerprint density at radius 2 is 0.918 bits per heavy atom. The molecule has 0 aliphatic rings. The Morgan fingerprint density at radius 1 is 0.449 bits per heavy atom. The van der Waals surface area contributed by atoms with Crippen molar-refractivity contribution in [3.63, 3.8) is 0 Å². The van der Waals surface area contributed by atoms with E-state index in [2.05, 4.69) is 213 Å². The fourth-order valence-corrected chi connectivity index (χ4v) is 6.64. The molecule has 49 heavy (non-hydrogen) atoms. The summed E-state index contributed by atoms with van der Waals surface area (Å²) in [6.07, 6.45) is 1.89. The van der Waals surface area contributed by atoms with Gasteiger partial charge in [0.15, 0.2) is 0 Å². The van der Waals surface area contributed by atoms with E-state index in [1.165, 1.54) is 16.8 Å². The average molecular weight is 635 g/mol. The molecular weight excluding hydrogens is 595 g/mol. The Balaban J connectivity index is 1.25. The first-order valence-electron chi connectivity index (χ1n) is 16.7. The first-order valence-corrected chi connectivity index (χ1v) is 16.7. The lowest BCUT2D eigenvalue weighted by molar-refractivity contribution is 0.703. The molecule has 0 aliphatic carbocycles. The van der Waals surface area contributed by atoms with E-state index in [4.69, 9.17) is 0 Å². The van der Waals surface area contributed by atoms with Crippen LogP contribution >= 0.6 is 0 Å². The molecule has 0 heterocycles. The summed E-state index contributed by atoms with van der Waals surface area (Å²) in [4.78, 5) is 2.29. The zero-order valence-electron chi connectivity index (χ0n) is 28.0. The van der Waals surface area contributed by atoms with Crippen molar-refractivity contribution >= 4 is 57.3 Å². The van der Waals surface area contributed by atoms with Crippen molar-refractivity contribution in [1.29, 1.82) is 0 Å². The first-order chi connectivity index (χ1) is 24.0. The highest BCUT2D eigenvalue weighted by Crippen LogP contribution is 2.51. The predicted octanol–water partition coefficient (Wildman–Crippen LogP) is 13.5. The number of nitrogens with zero attached hydrogens (tertiary/aromatic N) is 2. The van der Waals surface area contributed by atoms with Crippen LogP contribution in [0.15, 0.2) is 189 Å². The molecule has 0 fully saturated rings. The third kappa shape index (κ3) is 6.40. The highest BCUT2D eigenvalue weighted by atomic mass is 15.4. The monoisotopic (exact) mass is 634 g/mol. The summed E-state index contributed by atoms with van der Waals surface area (Å²) in [6.45, 7) is 8.27. The summed E-state index contributed by atoms with van der Waals surface area (Å²) in [5, 5.41) is 3.64. The predicted molar refractivity (Wildman–Crippen MR) is 211 cm³/mol. The Morgan fingerprint density at radius 3 is 1.51 bits per heavy atom. The van der Waals surface area contributed by atoms with Gasteiger partial charge in [0.2, 0.25) is 0 Å². The quantitative estimate of drug-likeness (QED) is 0.151. The SMILES string of the molecule is C=Cc1ccc([N+](c2ccccc2)(c2ccc(Nc3ccc(N(c4ccccc4)c4cccc(C)c4)cc3)cc2)c2cccc(C)c2)cc1. The van der Waals surface area contributed by atoms with Crippen molar-refractivity contribution in [2.45, 2.75) is 13.8 Å². The van der Waals surface area contributed by atoms with Crippen LogP contribution in [0.25, 0.3) is 6.08 Å². The molecule has 7 rings (SSSR count). The normalized spacial score (nSPS) is 12.1. The summed E-state index contributed by atoms with van der Waals surface area (Å²) in [7, 11) is 0. The fraction of sp³-hybridized carbons (Fsp3) is 0.0435. The smallest absolute Gasteiger partial charge is 0.148 e. The minimum absolute atomic E-state index is 0.448. The molecule has 0 aliphatic heterocycles. The van der Waals surface area contributed by atoms with Crippen LogP contribution in [-0.2, 0) is 0 Å². The lowest BCUT2D eigenvalue weighted by atomic mass is 10.0. The molecule has 1 N–H and O–H groups in total. The second-order valence-electron chi connectivity index (χ2n) is 12.4. The molecule has 0 radical (unpaired) electrons. The van der Waals surface area contributed by atoms with Crippen molar-refractivity contribution in [3.8, 4) is 0 Å². The van der Waals surface area contributed by atoms with Gasteiger partial charge < -0.3 is 10.2 Å². The van der Waals surface area contributed by atoms with E-state index in [-0.39, 0.29) is 0 Å². The van der Waals surface area contributed by atoms with Crippen molar-refractivity contribution in [2.75, 3.05) is 10.2 Å². The Hall–Kier alpha value is -6.16. The number of rotatable bonds is 10. The molecule has 7 aromatic carbocycles. The summed E-state index contributed by atoms with van der Waals surface area (Å²) < 4.78 is 0.448. The topological polar surface area (TPSA) is 15.3 Å². The van der Waals surface area contributed by atoms with Gasteiger partial charge in [0.25, 0.3) is 0 Å². The van der Waals surface area contributed by atoms with E-state index in [0.717, 1.165) is 51.1 Å². The zero-order chi connectivity index (χ0) is 33.6. The van der Waals surface area contributed by atoms with E-state index in [0.29, 0.717) is 4.48 Å². The maximum absolute atomic E-state index is 3.98. The zero-order valence-corrected chi connectivity index (χ0v) is 28.0. The molecule has 0 spiro atoms. The highest BCUT2D eigenvalue weighted by Gasteiger charge is 2.39. The van der Waals surface area contributed by atoms with Crippen molar-refractivity contribution in [1.82, 2.24) is 4.48 Å². The first kappa shape index (κ1) is 31.4. The molecule has 3 nitrogen and oxygen atoms in total. The second kappa shape index (κ2) is 13.9. The Kier molecular flexibility index (Phi) is 8.92. The van der Waals surface area contributed by atoms with Crippen molar-refractivity contribution < 1.29 is 0 Å². The summed E-state index contributed by atoms with van der Waals surface area (Å²) in [6, 6.07) is 64.9. The number of para-hydroxylation sites is 2. The van der Waals surface area contributed by atoms with Gasteiger partial charge in [0, 0.05) is 77.0 Å². The third-order valence-corrected chi connectivity index (χ3v) is 8.99. The molecule has 0 saturated carbocycles. The van der Waals surface area contributed by atoms with Gasteiger partial charge in [-0.3, -0.25) is 0 Å². The van der Waals surface area contributed by atoms with Crippen LogP contribution in [-0.4, -0.2) is 0 Å². The molecule has 1 atom stereocenters. The molecule has 0 amide bonds. The largest absolute Gasteiger partial charge is 0.356 e. The van der Waals surface area contributed by atoms with Gasteiger partial charge in [-0.25, -0.2) is 0 Å². The molecule has 0 bridgehead atoms. The number of hydrogen-bond acceptors (Lipinski definition) is 2. The molecule has 238 valence electrons. The van der Waals surface area contributed by atoms with E-state index < -0.39 is 0 Å². The van der Waals surface area contributed by atoms with Gasteiger partial charge in [-0.2, -0.15) is 4.48 Å². The minimum Gasteiger partial charge on any atom is -0.356 e. The van der Waals surface area contributed by atoms with Gasteiger partial charge in [-0.05, 0) is 103 Å². The Labute approximate surface area is 290 Å². The van der Waals surface area contributed by atoms with Gasteiger partial charge in [-0.15, -0.1) is 0 Å². The Bertz CT molecular complexity index is 2150. The summed E-state index contributed by atoms with van der Waals surface area (Å²) >= 11 is 0. The van der Waals surface area contributed by atoms with E-state index >= 15 is 0 Å². The maximum atomic E-state index is 3.98. The van der Waals surface area contributed by atoms with Crippen LogP contribution in [0.4, 0.5) is 51.2 Å². The number of hydrogen-bond donors (Lipinski definition) is 1. The van der Waals surface area contributed by atoms with Crippen molar-refractivity contribution in [2.24, 2.45) is 0 Å². The van der Waals surface area contributed by atoms with Gasteiger partial charge >= 0.3 is 0 Å². The van der Waals surface area contributed by atoms with Crippen LogP contribution in [0.3, 0.4) is 0 Å². The van der Waals surface area contributed by atoms with Gasteiger partial charge in [0.05, 0.1) is 0 Å². The van der Waals surface area contributed by atoms with Gasteiger partial charge in [-0.1, -0.05) is 73.3 Å². The standard InChI is InChI=1S/C46H40N3/c1-4-37-21-29-44(30-22-37)49(43-18-9-6-10-19-43,46-20-12-14-36(3)34-46)45-31-25-39(26-32-45)47-38-23-27-41(28-24-38)48(40-15-7-5-8-16-40)42-17-11-13-35(2)33-42/h4-34,47H,1H2,2-3H3/q+1. The van der Waals surface area contributed by atoms with Gasteiger partial charge in [0.1, 0.15) is 22.7 Å². The molecule has 1 unspecified atom stereocenters. The van der Waals surface area contributed by atoms with Crippen LogP contribution in [0, 0.1) is 13.8 Å². The minimum atomic E-state index is 0.448. The summed E-state index contributed by atoms with van der Waals surface area (Å²) in [5.41, 5.74) is 13.6. The van der Waals surface area contributed by atoms with E-state index in [1.807, 2.05) is 6.08 Å². The van der Waals surface area contributed by atoms with Crippen molar-refractivity contribution in [3.05, 3.63) is 205 Å². The molecule has 3 heteroatoms. The molecule has 7 aromatic rings. The molecular formula is C46H40N3+. The fourth-order valence-electron chi connectivity index (χ4n) is 6.64. The number of quaternary nitrogens is 1. The number of aryl methyl sites for hydroxylation is 2. The molecule has 0 saturated heterocycles. The van der Waals surface area contributed by atoms with Crippen LogP contribution in [0.1, 0.15) is 16.7 Å². The summed E-state index contributed by atoms with van der Waals surface area (Å²) in [5.74, 6) is 0. The van der Waals surface area contributed by atoms with Crippen LogP contribution in [0.5, 0.6) is 0 Å². The number of benzene rings is 7. The highest BCUT2D eigenvalue weighted by molar-refractivity contribution is 5.83. The lowest BCUT2D eigenvalue weighted by Gasteiger charge is -2.37. The van der Waals surface area contributed by atoms with Crippen LogP contribution < -0.4 is 14.7 Å². The average Bonchev–Trinajstić information content (AvgIpc) is 3.15.